The maximum absolute atomic E-state index is 12.0. The molecule has 0 spiro atoms. The van der Waals surface area contributed by atoms with E-state index in [1.54, 1.807) is 22.7 Å². The lowest BCUT2D eigenvalue weighted by Gasteiger charge is -2.31. The minimum Gasteiger partial charge on any atom is -0.450 e. The summed E-state index contributed by atoms with van der Waals surface area (Å²) in [5.41, 5.74) is 1.05. The second kappa shape index (κ2) is 7.82. The first-order valence-electron chi connectivity index (χ1n) is 7.78. The Morgan fingerprint density at radius 2 is 2.14 bits per heavy atom. The number of hydrogen-bond acceptors (Lipinski definition) is 4. The number of rotatable bonds is 5. The molecule has 0 aliphatic carbocycles. The molecule has 1 aromatic rings. The number of aromatic nitrogens is 2. The molecule has 1 N–H and O–H groups in total. The Morgan fingerprint density at radius 1 is 1.41 bits per heavy atom. The van der Waals surface area contributed by atoms with Gasteiger partial charge in [0.2, 0.25) is 5.91 Å². The van der Waals surface area contributed by atoms with Gasteiger partial charge in [0.05, 0.1) is 6.61 Å². The normalized spacial score (nSPS) is 15.6. The van der Waals surface area contributed by atoms with Crippen molar-refractivity contribution in [3.63, 3.8) is 0 Å². The van der Waals surface area contributed by atoms with E-state index in [4.69, 9.17) is 4.74 Å². The molecule has 2 heterocycles. The zero-order valence-electron chi connectivity index (χ0n) is 13.2. The summed E-state index contributed by atoms with van der Waals surface area (Å²) in [5.74, 6) is 0.0517. The van der Waals surface area contributed by atoms with Gasteiger partial charge in [0.25, 0.3) is 0 Å². The molecule has 1 aliphatic rings. The zero-order valence-corrected chi connectivity index (χ0v) is 13.2. The van der Waals surface area contributed by atoms with Crippen molar-refractivity contribution < 1.29 is 14.3 Å². The Kier molecular flexibility index (Phi) is 5.80. The number of piperidine rings is 1. The molecule has 1 aliphatic heterocycles. The topological polar surface area (TPSA) is 76.5 Å². The number of aryl methyl sites for hydroxylation is 2. The predicted molar refractivity (Wildman–Crippen MR) is 81.3 cm³/mol. The van der Waals surface area contributed by atoms with Gasteiger partial charge in [-0.25, -0.2) is 4.79 Å². The number of likely N-dealkylation sites (tertiary alicyclic amines) is 1. The number of nitrogens with zero attached hydrogens (tertiary/aromatic N) is 3. The monoisotopic (exact) mass is 308 g/mol. The van der Waals surface area contributed by atoms with Crippen LogP contribution in [0.1, 0.15) is 31.9 Å². The van der Waals surface area contributed by atoms with Crippen LogP contribution in [0.3, 0.4) is 0 Å². The van der Waals surface area contributed by atoms with Crippen molar-refractivity contribution in [1.29, 1.82) is 0 Å². The molecule has 22 heavy (non-hydrogen) atoms. The standard InChI is InChI=1S/C15H24N4O3/c1-3-22-15(21)19-10-7-12(8-11-19)17-14(20)5-4-13-6-9-16-18(13)2/h6,9,12H,3-5,7-8,10-11H2,1-2H3,(H,17,20). The fourth-order valence-corrected chi connectivity index (χ4v) is 2.61. The molecule has 2 rings (SSSR count). The molecule has 2 amide bonds. The zero-order chi connectivity index (χ0) is 15.9. The van der Waals surface area contributed by atoms with Gasteiger partial charge in [0.1, 0.15) is 0 Å². The molecule has 0 saturated carbocycles. The first kappa shape index (κ1) is 16.3. The average molecular weight is 308 g/mol. The van der Waals surface area contributed by atoms with Crippen molar-refractivity contribution >= 4 is 12.0 Å². The van der Waals surface area contributed by atoms with Gasteiger partial charge in [-0.15, -0.1) is 0 Å². The Hall–Kier alpha value is -2.05. The third-order valence-electron chi connectivity index (χ3n) is 3.92. The summed E-state index contributed by atoms with van der Waals surface area (Å²) in [5, 5.41) is 7.13. The van der Waals surface area contributed by atoms with E-state index in [1.807, 2.05) is 13.1 Å². The largest absolute Gasteiger partial charge is 0.450 e. The van der Waals surface area contributed by atoms with Crippen LogP contribution in [-0.4, -0.2) is 52.4 Å². The molecule has 1 aromatic heterocycles. The van der Waals surface area contributed by atoms with E-state index in [1.165, 1.54) is 0 Å². The van der Waals surface area contributed by atoms with Crippen molar-refractivity contribution in [3.05, 3.63) is 18.0 Å². The van der Waals surface area contributed by atoms with Crippen LogP contribution in [0.5, 0.6) is 0 Å². The summed E-state index contributed by atoms with van der Waals surface area (Å²) in [6.45, 7) is 3.45. The highest BCUT2D eigenvalue weighted by molar-refractivity contribution is 5.76. The summed E-state index contributed by atoms with van der Waals surface area (Å²) >= 11 is 0. The van der Waals surface area contributed by atoms with E-state index in [0.29, 0.717) is 32.5 Å². The highest BCUT2D eigenvalue weighted by atomic mass is 16.6. The van der Waals surface area contributed by atoms with Gasteiger partial charge < -0.3 is 15.0 Å². The summed E-state index contributed by atoms with van der Waals surface area (Å²) in [6.07, 6.45) is 4.16. The fraction of sp³-hybridized carbons (Fsp3) is 0.667. The third-order valence-corrected chi connectivity index (χ3v) is 3.92. The Balaban J connectivity index is 1.68. The van der Waals surface area contributed by atoms with Crippen LogP contribution < -0.4 is 5.32 Å². The van der Waals surface area contributed by atoms with Crippen molar-refractivity contribution in [3.8, 4) is 0 Å². The van der Waals surface area contributed by atoms with Crippen molar-refractivity contribution in [2.75, 3.05) is 19.7 Å². The number of ether oxygens (including phenoxy) is 1. The van der Waals surface area contributed by atoms with Gasteiger partial charge in [-0.05, 0) is 32.3 Å². The molecule has 0 unspecified atom stereocenters. The summed E-state index contributed by atoms with van der Waals surface area (Å²) < 4.78 is 6.76. The van der Waals surface area contributed by atoms with Crippen LogP contribution in [0.15, 0.2) is 12.3 Å². The maximum atomic E-state index is 12.0. The number of amides is 2. The second-order valence-electron chi connectivity index (χ2n) is 5.47. The van der Waals surface area contributed by atoms with Gasteiger partial charge >= 0.3 is 6.09 Å². The highest BCUT2D eigenvalue weighted by Crippen LogP contribution is 2.12. The Labute approximate surface area is 130 Å². The van der Waals surface area contributed by atoms with Gasteiger partial charge in [-0.3, -0.25) is 9.48 Å². The van der Waals surface area contributed by atoms with Crippen LogP contribution in [0.4, 0.5) is 4.79 Å². The van der Waals surface area contributed by atoms with Crippen molar-refractivity contribution in [2.45, 2.75) is 38.6 Å². The SMILES string of the molecule is CCOC(=O)N1CCC(NC(=O)CCc2ccnn2C)CC1. The molecular formula is C15H24N4O3. The predicted octanol–water partition coefficient (Wildman–Crippen LogP) is 1.09. The smallest absolute Gasteiger partial charge is 0.409 e. The van der Waals surface area contributed by atoms with Crippen molar-refractivity contribution in [2.24, 2.45) is 7.05 Å². The molecule has 1 fully saturated rings. The molecule has 0 atom stereocenters. The van der Waals surface area contributed by atoms with E-state index in [9.17, 15) is 9.59 Å². The molecule has 0 aromatic carbocycles. The number of nitrogens with one attached hydrogen (secondary N) is 1. The third kappa shape index (κ3) is 4.47. The summed E-state index contributed by atoms with van der Waals surface area (Å²) in [6, 6.07) is 2.06. The number of carbonyl (C=O) groups excluding carboxylic acids is 2. The molecule has 122 valence electrons. The molecule has 0 radical (unpaired) electrons. The number of carbonyl (C=O) groups is 2. The van der Waals surface area contributed by atoms with Crippen LogP contribution in [0, 0.1) is 0 Å². The van der Waals surface area contributed by atoms with Crippen LogP contribution in [0.2, 0.25) is 0 Å². The van der Waals surface area contributed by atoms with Gasteiger partial charge in [-0.1, -0.05) is 0 Å². The van der Waals surface area contributed by atoms with E-state index in [2.05, 4.69) is 10.4 Å². The second-order valence-corrected chi connectivity index (χ2v) is 5.47. The molecule has 7 heteroatoms. The Bertz CT molecular complexity index is 507. The fourth-order valence-electron chi connectivity index (χ4n) is 2.61. The van der Waals surface area contributed by atoms with Gasteiger partial charge in [-0.2, -0.15) is 5.10 Å². The lowest BCUT2D eigenvalue weighted by Crippen LogP contribution is -2.46. The van der Waals surface area contributed by atoms with Crippen molar-refractivity contribution in [1.82, 2.24) is 20.0 Å². The maximum Gasteiger partial charge on any atom is 0.409 e. The first-order chi connectivity index (χ1) is 10.6. The van der Waals surface area contributed by atoms with E-state index < -0.39 is 0 Å². The lowest BCUT2D eigenvalue weighted by molar-refractivity contribution is -0.122. The Morgan fingerprint density at radius 3 is 2.73 bits per heavy atom. The molecule has 7 nitrogen and oxygen atoms in total. The lowest BCUT2D eigenvalue weighted by atomic mass is 10.1. The minimum absolute atomic E-state index is 0.0517. The van der Waals surface area contributed by atoms with E-state index in [0.717, 1.165) is 18.5 Å². The van der Waals surface area contributed by atoms with Gasteiger partial charge in [0, 0.05) is 44.5 Å². The van der Waals surface area contributed by atoms with Crippen LogP contribution in [-0.2, 0) is 23.0 Å². The first-order valence-corrected chi connectivity index (χ1v) is 7.78. The summed E-state index contributed by atoms with van der Waals surface area (Å²) in [4.78, 5) is 25.3. The van der Waals surface area contributed by atoms with Crippen LogP contribution in [0.25, 0.3) is 0 Å². The molecular weight excluding hydrogens is 284 g/mol. The highest BCUT2D eigenvalue weighted by Gasteiger charge is 2.24. The van der Waals surface area contributed by atoms with E-state index in [-0.39, 0.29) is 18.0 Å². The molecule has 1 saturated heterocycles. The van der Waals surface area contributed by atoms with Gasteiger partial charge in [0.15, 0.2) is 0 Å². The van der Waals surface area contributed by atoms with Crippen LogP contribution >= 0.6 is 0 Å². The minimum atomic E-state index is -0.261. The van der Waals surface area contributed by atoms with E-state index >= 15 is 0 Å². The molecule has 0 bridgehead atoms. The summed E-state index contributed by atoms with van der Waals surface area (Å²) in [7, 11) is 1.87. The number of hydrogen-bond donors (Lipinski definition) is 1. The average Bonchev–Trinajstić information content (AvgIpc) is 2.91. The quantitative estimate of drug-likeness (QED) is 0.883.